The van der Waals surface area contributed by atoms with Crippen LogP contribution in [0.5, 0.6) is 17.2 Å². The lowest BCUT2D eigenvalue weighted by molar-refractivity contribution is -0.168. The molecule has 0 radical (unpaired) electrons. The molecule has 0 aliphatic carbocycles. The minimum Gasteiger partial charge on any atom is -0.543 e. The molecular weight excluding hydrogens is 1320 g/mol. The van der Waals surface area contributed by atoms with Crippen molar-refractivity contribution in [1.29, 1.82) is 0 Å². The number of carbonyl (C=O) groups is 8. The number of carbonyl (C=O) groups excluding carboxylic acids is 7. The highest BCUT2D eigenvalue weighted by atomic mass is 28.4. The molecule has 24 nitrogen and oxygen atoms in total. The average Bonchev–Trinajstić information content (AvgIpc) is 0.795. The zero-order valence-electron chi connectivity index (χ0n) is 64.6. The maximum absolute atomic E-state index is 14.6. The number of azide groups is 2. The van der Waals surface area contributed by atoms with E-state index in [1.165, 1.54) is 34.6 Å². The van der Waals surface area contributed by atoms with Crippen molar-refractivity contribution in [2.75, 3.05) is 19.8 Å². The lowest BCUT2D eigenvalue weighted by atomic mass is 9.65. The highest BCUT2D eigenvalue weighted by molar-refractivity contribution is 6.76. The summed E-state index contributed by atoms with van der Waals surface area (Å²) >= 11 is 0. The van der Waals surface area contributed by atoms with Crippen LogP contribution >= 0.6 is 0 Å². The van der Waals surface area contributed by atoms with Crippen molar-refractivity contribution < 1.29 is 75.7 Å². The third-order valence-corrected chi connectivity index (χ3v) is 33.0. The minimum absolute atomic E-state index is 0.00471. The van der Waals surface area contributed by atoms with Crippen molar-refractivity contribution >= 4 is 72.9 Å². The Labute approximate surface area is 592 Å². The third-order valence-electron chi connectivity index (χ3n) is 19.9. The summed E-state index contributed by atoms with van der Waals surface area (Å²) in [6, 6.07) is 9.27. The van der Waals surface area contributed by atoms with Crippen LogP contribution in [0, 0.1) is 28.6 Å². The van der Waals surface area contributed by atoms with E-state index < -0.39 is 132 Å². The van der Waals surface area contributed by atoms with E-state index in [1.54, 1.807) is 45.0 Å². The van der Waals surface area contributed by atoms with Crippen LogP contribution in [0.15, 0.2) is 46.6 Å². The topological polar surface area (TPSA) is 343 Å². The fourth-order valence-corrected chi connectivity index (χ4v) is 14.3. The number of hydrogen-bond acceptors (Lipinski definition) is 17. The fourth-order valence-electron chi connectivity index (χ4n) is 11.1. The van der Waals surface area contributed by atoms with Crippen molar-refractivity contribution in [1.82, 2.24) is 10.6 Å². The smallest absolute Gasteiger partial charge is 0.326 e. The van der Waals surface area contributed by atoms with Gasteiger partial charge in [0.05, 0.1) is 22.9 Å². The maximum Gasteiger partial charge on any atom is 0.326 e. The lowest BCUT2D eigenvalue weighted by Gasteiger charge is -2.40. The number of nitrogens with zero attached hydrogens (tertiary/aromatic N) is 6. The van der Waals surface area contributed by atoms with E-state index in [4.69, 9.17) is 32.2 Å². The van der Waals surface area contributed by atoms with Crippen LogP contribution in [0.25, 0.3) is 20.9 Å². The van der Waals surface area contributed by atoms with Gasteiger partial charge in [0.15, 0.2) is 6.23 Å². The largest absolute Gasteiger partial charge is 0.543 e. The van der Waals surface area contributed by atoms with Crippen LogP contribution in [0.3, 0.4) is 0 Å². The molecule has 2 rings (SSSR count). The molecule has 0 saturated heterocycles. The molecule has 0 heterocycles. The molecule has 2 aromatic carbocycles. The first-order chi connectivity index (χ1) is 45.1. The monoisotopic (exact) mass is 1440 g/mol. The van der Waals surface area contributed by atoms with E-state index in [1.807, 2.05) is 32.9 Å². The highest BCUT2D eigenvalue weighted by Gasteiger charge is 2.52. The van der Waals surface area contributed by atoms with Crippen LogP contribution in [-0.4, -0.2) is 121 Å². The number of nitrogens with one attached hydrogen (secondary N) is 2. The summed E-state index contributed by atoms with van der Waals surface area (Å²) in [6.45, 7) is 48.7. The average molecular weight is 1440 g/mol. The van der Waals surface area contributed by atoms with Gasteiger partial charge in [0.25, 0.3) is 23.1 Å². The molecule has 27 heteroatoms. The van der Waals surface area contributed by atoms with Gasteiger partial charge >= 0.3 is 23.9 Å². The normalized spacial score (nSPS) is 15.6. The second-order valence-electron chi connectivity index (χ2n) is 33.6. The summed E-state index contributed by atoms with van der Waals surface area (Å²) in [5.41, 5.74) is 11.5. The minimum atomic E-state index is -2.46. The molecule has 0 aliphatic rings. The number of amides is 2. The molecule has 0 fully saturated rings. The molecule has 6 atom stereocenters. The first kappa shape index (κ1) is 88.2. The first-order valence-electron chi connectivity index (χ1n) is 34.5. The second-order valence-corrected chi connectivity index (χ2v) is 47.8. The predicted octanol–water partition coefficient (Wildman–Crippen LogP) is 16.5. The van der Waals surface area contributed by atoms with Gasteiger partial charge in [0, 0.05) is 34.5 Å². The van der Waals surface area contributed by atoms with Crippen molar-refractivity contribution in [2.45, 2.75) is 293 Å². The number of carboxylic acid groups (broad SMARTS) is 1. The Morgan fingerprint density at radius 1 is 0.535 bits per heavy atom. The van der Waals surface area contributed by atoms with Gasteiger partial charge in [-0.05, 0) is 194 Å². The van der Waals surface area contributed by atoms with Gasteiger partial charge < -0.3 is 48.0 Å². The zero-order valence-corrected chi connectivity index (χ0v) is 67.6. The van der Waals surface area contributed by atoms with Gasteiger partial charge in [0.1, 0.15) is 53.4 Å². The number of ether oxygens (including phenoxy) is 4. The van der Waals surface area contributed by atoms with E-state index in [0.29, 0.717) is 54.1 Å². The molecule has 0 aliphatic heterocycles. The molecule has 2 aromatic rings. The van der Waals surface area contributed by atoms with Gasteiger partial charge in [-0.15, -0.1) is 0 Å². The van der Waals surface area contributed by atoms with Gasteiger partial charge in [0.2, 0.25) is 20.1 Å². The number of Topliss-reactive ketones (excluding diaryl/α,β-unsaturated/α-hetero) is 1. The molecule has 0 aromatic heterocycles. The fraction of sp³-hybridized carbons (Fsp3) is 0.722. The molecule has 6 unspecified atom stereocenters. The van der Waals surface area contributed by atoms with Gasteiger partial charge in [-0.25, -0.2) is 4.79 Å². The number of unbranched alkanes of at least 4 members (excludes halogenated alkanes) is 3. The quantitative estimate of drug-likeness (QED) is 0.00641. The lowest BCUT2D eigenvalue weighted by Crippen LogP contribution is -2.53. The van der Waals surface area contributed by atoms with Crippen LogP contribution in [0.4, 0.5) is 0 Å². The van der Waals surface area contributed by atoms with Crippen molar-refractivity contribution in [3.63, 3.8) is 0 Å². The molecule has 99 heavy (non-hydrogen) atoms. The molecule has 0 spiro atoms. The number of aliphatic carboxylic acids is 1. The SMILES string of the molecule is CCCCCC(=O)C(C)(CC(C)(C)C(=O)OCCOC(=O)C(C)(C)CC(C)(CC(C)(N=[N+]=[N-])C(=O)NC(Cc1ccc(O[Si](C)(C)C(C)(C)C)c(O[Si](C)(C)C(C)(C)C)c1)OC=O)C(=O)OCCCC)CC(C)(N=[N+]=[N-])C(=O)NC(Cc1ccc(O[Si](C)(C)C(C)(C)C)c(C)c1)C(=O)O. The van der Waals surface area contributed by atoms with Crippen LogP contribution in [0.2, 0.25) is 54.4 Å². The number of esters is 3. The van der Waals surface area contributed by atoms with Crippen molar-refractivity contribution in [2.24, 2.45) is 31.9 Å². The van der Waals surface area contributed by atoms with Gasteiger partial charge in [-0.2, -0.15) is 0 Å². The standard InChI is InChI=1S/C72H120N8O16Si3/c1-27-29-31-32-56(82)69(17,46-71(19,77-79-73)59(85)75-52(58(83)84)41-50-33-35-53(49(3)40-50)94-97(21,22)64(4,5)6)44-67(13,14)61(87)91-38-39-92-62(88)68(15,16)45-70(18,63(89)90-37-30-28-2)47-72(20,78-80-74)60(86)76-57(93-48-81)43-51-34-36-54(95-98(23,24)65(7,8)9)55(42-51)96-99(25,26)66(10,11)12/h33-36,40,42,48,52,57H,27-32,37-39,41,43-47H2,1-26H3,(H,75,85)(H,76,86)(H,83,84). The second kappa shape index (κ2) is 35.1. The molecule has 0 saturated carbocycles. The van der Waals surface area contributed by atoms with Crippen LogP contribution in [0.1, 0.15) is 212 Å². The van der Waals surface area contributed by atoms with E-state index in [2.05, 4.69) is 132 Å². The van der Waals surface area contributed by atoms with E-state index >= 15 is 0 Å². The summed E-state index contributed by atoms with van der Waals surface area (Å²) in [5.74, 6) is -4.20. The summed E-state index contributed by atoms with van der Waals surface area (Å²) < 4.78 is 42.8. The maximum atomic E-state index is 14.6. The van der Waals surface area contributed by atoms with Crippen LogP contribution in [-0.2, 0) is 70.1 Å². The summed E-state index contributed by atoms with van der Waals surface area (Å²) in [4.78, 5) is 117. The van der Waals surface area contributed by atoms with Crippen LogP contribution < -0.4 is 23.9 Å². The van der Waals surface area contributed by atoms with E-state index in [0.717, 1.165) is 12.0 Å². The van der Waals surface area contributed by atoms with Crippen molar-refractivity contribution in [3.05, 3.63) is 74.0 Å². The number of hydrogen-bond donors (Lipinski definition) is 3. The van der Waals surface area contributed by atoms with Gasteiger partial charge in [-0.1, -0.05) is 131 Å². The summed E-state index contributed by atoms with van der Waals surface area (Å²) in [6.07, 6.45) is 0.250. The Balaban J connectivity index is 2.46. The Morgan fingerprint density at radius 3 is 1.38 bits per heavy atom. The third kappa shape index (κ3) is 25.3. The predicted molar refractivity (Wildman–Crippen MR) is 391 cm³/mol. The molecular formula is C72H120N8O16Si3. The first-order valence-corrected chi connectivity index (χ1v) is 43.2. The Hall–Kier alpha value is -6.93. The zero-order chi connectivity index (χ0) is 76.4. The summed E-state index contributed by atoms with van der Waals surface area (Å²) in [7, 11) is -7.04. The van der Waals surface area contributed by atoms with E-state index in [9.17, 15) is 54.5 Å². The number of rotatable bonds is 41. The molecule has 0 bridgehead atoms. The number of ketones is 1. The van der Waals surface area contributed by atoms with Crippen molar-refractivity contribution in [3.8, 4) is 17.2 Å². The number of aryl methyl sites for hydroxylation is 1. The molecule has 556 valence electrons. The number of carboxylic acids is 1. The Bertz CT molecular complexity index is 3270. The summed E-state index contributed by atoms with van der Waals surface area (Å²) in [5, 5.41) is 23.2. The van der Waals surface area contributed by atoms with Gasteiger partial charge in [-0.3, -0.25) is 33.6 Å². The molecule has 3 N–H and O–H groups in total. The van der Waals surface area contributed by atoms with E-state index in [-0.39, 0.29) is 66.1 Å². The number of benzene rings is 2. The highest BCUT2D eigenvalue weighted by Crippen LogP contribution is 2.48. The Kier molecular flexibility index (Phi) is 31.3. The molecule has 2 amide bonds. The Morgan fingerprint density at radius 2 is 0.949 bits per heavy atom.